The topological polar surface area (TPSA) is 63.4 Å². The molecular weight excluding hydrogens is 322 g/mol. The first-order chi connectivity index (χ1) is 11.5. The van der Waals surface area contributed by atoms with Crippen LogP contribution in [0.1, 0.15) is 47.8 Å². The monoisotopic (exact) mass is 343 g/mol. The fourth-order valence-electron chi connectivity index (χ4n) is 2.61. The first-order valence-electron chi connectivity index (χ1n) is 8.02. The van der Waals surface area contributed by atoms with Gasteiger partial charge in [-0.3, -0.25) is 4.79 Å². The van der Waals surface area contributed by atoms with Gasteiger partial charge in [0.15, 0.2) is 0 Å². The maximum Gasteiger partial charge on any atom is 0.294 e. The summed E-state index contributed by atoms with van der Waals surface area (Å²) in [7, 11) is 0. The Kier molecular flexibility index (Phi) is 4.62. The third-order valence-corrected chi connectivity index (χ3v) is 4.86. The highest BCUT2D eigenvalue weighted by molar-refractivity contribution is 7.07. The van der Waals surface area contributed by atoms with E-state index in [1.807, 2.05) is 43.2 Å². The number of hydrogen-bond donors (Lipinski definition) is 0. The molecule has 0 aliphatic heterocycles. The van der Waals surface area contributed by atoms with Crippen molar-refractivity contribution in [1.29, 1.82) is 0 Å². The first kappa shape index (κ1) is 16.6. The number of rotatable bonds is 5. The number of aromatic nitrogens is 4. The predicted molar refractivity (Wildman–Crippen MR) is 94.2 cm³/mol. The van der Waals surface area contributed by atoms with Crippen LogP contribution in [0.25, 0.3) is 5.78 Å². The summed E-state index contributed by atoms with van der Waals surface area (Å²) in [6.45, 7) is 8.53. The normalized spacial score (nSPS) is 12.5. The molecule has 1 unspecified atom stereocenters. The maximum absolute atomic E-state index is 13.0. The molecule has 1 atom stereocenters. The summed E-state index contributed by atoms with van der Waals surface area (Å²) < 4.78 is 1.62. The van der Waals surface area contributed by atoms with Crippen molar-refractivity contribution in [3.05, 3.63) is 45.7 Å². The van der Waals surface area contributed by atoms with Gasteiger partial charge in [-0.2, -0.15) is 16.3 Å². The van der Waals surface area contributed by atoms with Crippen LogP contribution in [0.15, 0.2) is 22.9 Å². The Morgan fingerprint density at radius 2 is 2.17 bits per heavy atom. The van der Waals surface area contributed by atoms with Crippen molar-refractivity contribution in [2.45, 2.75) is 46.7 Å². The van der Waals surface area contributed by atoms with Gasteiger partial charge < -0.3 is 4.90 Å². The van der Waals surface area contributed by atoms with Gasteiger partial charge >= 0.3 is 0 Å². The van der Waals surface area contributed by atoms with Crippen molar-refractivity contribution in [3.8, 4) is 0 Å². The molecule has 3 aromatic heterocycles. The number of thiophene rings is 1. The minimum absolute atomic E-state index is 0.111. The molecule has 6 nitrogen and oxygen atoms in total. The molecule has 126 valence electrons. The lowest BCUT2D eigenvalue weighted by Crippen LogP contribution is -2.38. The standard InChI is InChI=1S/C17H21N5OS/c1-5-12(3)21(9-14-6-7-24-10-14)16(23)15-19-17-18-11(2)8-13(4)22(17)20-15/h6-8,10,12H,5,9H2,1-4H3. The second kappa shape index (κ2) is 6.68. The third kappa shape index (κ3) is 3.17. The highest BCUT2D eigenvalue weighted by Gasteiger charge is 2.25. The number of aryl methyl sites for hydroxylation is 2. The highest BCUT2D eigenvalue weighted by atomic mass is 32.1. The number of nitrogens with zero attached hydrogens (tertiary/aromatic N) is 5. The largest absolute Gasteiger partial charge is 0.329 e. The van der Waals surface area contributed by atoms with Crippen molar-refractivity contribution in [1.82, 2.24) is 24.5 Å². The number of hydrogen-bond acceptors (Lipinski definition) is 5. The zero-order valence-electron chi connectivity index (χ0n) is 14.4. The molecule has 0 spiro atoms. The predicted octanol–water partition coefficient (Wildman–Crippen LogP) is 3.24. The lowest BCUT2D eigenvalue weighted by Gasteiger charge is -2.27. The van der Waals surface area contributed by atoms with Crippen LogP contribution in [0.3, 0.4) is 0 Å². The molecule has 0 saturated carbocycles. The summed E-state index contributed by atoms with van der Waals surface area (Å²) in [6.07, 6.45) is 0.875. The first-order valence-corrected chi connectivity index (χ1v) is 8.97. The highest BCUT2D eigenvalue weighted by Crippen LogP contribution is 2.16. The quantitative estimate of drug-likeness (QED) is 0.713. The zero-order chi connectivity index (χ0) is 17.3. The van der Waals surface area contributed by atoms with Gasteiger partial charge in [-0.15, -0.1) is 5.10 Å². The molecule has 3 heterocycles. The SMILES string of the molecule is CCC(C)N(Cc1ccsc1)C(=O)c1nc2nc(C)cc(C)n2n1. The Bertz CT molecular complexity index is 855. The molecule has 0 aliphatic carbocycles. The second-order valence-electron chi connectivity index (χ2n) is 6.01. The van der Waals surface area contributed by atoms with Crippen molar-refractivity contribution < 1.29 is 4.79 Å². The number of carbonyl (C=O) groups excluding carboxylic acids is 1. The molecule has 0 aliphatic rings. The van der Waals surface area contributed by atoms with E-state index in [1.165, 1.54) is 0 Å². The lowest BCUT2D eigenvalue weighted by molar-refractivity contribution is 0.0659. The Hall–Kier alpha value is -2.28. The molecule has 0 bridgehead atoms. The molecule has 7 heteroatoms. The average Bonchev–Trinajstić information content (AvgIpc) is 3.20. The summed E-state index contributed by atoms with van der Waals surface area (Å²) in [5, 5.41) is 8.46. The van der Waals surface area contributed by atoms with Crippen LogP contribution < -0.4 is 0 Å². The van der Waals surface area contributed by atoms with Gasteiger partial charge in [0.1, 0.15) is 0 Å². The third-order valence-electron chi connectivity index (χ3n) is 4.13. The maximum atomic E-state index is 13.0. The van der Waals surface area contributed by atoms with E-state index in [0.717, 1.165) is 23.4 Å². The number of carbonyl (C=O) groups is 1. The van der Waals surface area contributed by atoms with Crippen molar-refractivity contribution >= 4 is 23.0 Å². The van der Waals surface area contributed by atoms with Gasteiger partial charge in [-0.05, 0) is 55.6 Å². The molecule has 0 aromatic carbocycles. The van der Waals surface area contributed by atoms with Crippen molar-refractivity contribution in [3.63, 3.8) is 0 Å². The fourth-order valence-corrected chi connectivity index (χ4v) is 3.27. The van der Waals surface area contributed by atoms with E-state index in [1.54, 1.807) is 15.9 Å². The lowest BCUT2D eigenvalue weighted by atomic mass is 10.2. The summed E-state index contributed by atoms with van der Waals surface area (Å²) in [5.41, 5.74) is 2.91. The molecule has 24 heavy (non-hydrogen) atoms. The van der Waals surface area contributed by atoms with Crippen LogP contribution >= 0.6 is 11.3 Å². The van der Waals surface area contributed by atoms with Gasteiger partial charge in [0.05, 0.1) is 0 Å². The second-order valence-corrected chi connectivity index (χ2v) is 6.79. The van der Waals surface area contributed by atoms with Gasteiger partial charge in [0, 0.05) is 24.0 Å². The summed E-state index contributed by atoms with van der Waals surface area (Å²) in [6, 6.07) is 4.08. The molecule has 0 N–H and O–H groups in total. The Labute approximate surface area is 145 Å². The number of amides is 1. The van der Waals surface area contributed by atoms with Crippen LogP contribution in [0, 0.1) is 13.8 Å². The van der Waals surface area contributed by atoms with E-state index in [0.29, 0.717) is 12.3 Å². The van der Waals surface area contributed by atoms with Crippen molar-refractivity contribution in [2.24, 2.45) is 0 Å². The summed E-state index contributed by atoms with van der Waals surface area (Å²) in [4.78, 5) is 23.5. The van der Waals surface area contributed by atoms with Gasteiger partial charge in [-0.25, -0.2) is 9.50 Å². The molecule has 3 rings (SSSR count). The van der Waals surface area contributed by atoms with Crippen LogP contribution in [0.2, 0.25) is 0 Å². The Balaban J connectivity index is 1.96. The molecule has 0 saturated heterocycles. The fraction of sp³-hybridized carbons (Fsp3) is 0.412. The Morgan fingerprint density at radius 3 is 2.83 bits per heavy atom. The molecule has 0 fully saturated rings. The number of fused-ring (bicyclic) bond motifs is 1. The van der Waals surface area contributed by atoms with E-state index in [4.69, 9.17) is 0 Å². The van der Waals surface area contributed by atoms with Crippen LogP contribution in [-0.2, 0) is 6.54 Å². The molecule has 1 amide bonds. The minimum atomic E-state index is -0.155. The summed E-state index contributed by atoms with van der Waals surface area (Å²) in [5.74, 6) is 0.514. The smallest absolute Gasteiger partial charge is 0.294 e. The van der Waals surface area contributed by atoms with Crippen LogP contribution in [-0.4, -0.2) is 36.4 Å². The van der Waals surface area contributed by atoms with E-state index in [2.05, 4.69) is 27.4 Å². The zero-order valence-corrected chi connectivity index (χ0v) is 15.2. The Morgan fingerprint density at radius 1 is 1.38 bits per heavy atom. The molecular formula is C17H21N5OS. The average molecular weight is 343 g/mol. The van der Waals surface area contributed by atoms with Crippen LogP contribution in [0.4, 0.5) is 0 Å². The van der Waals surface area contributed by atoms with Gasteiger partial charge in [0.2, 0.25) is 5.82 Å². The van der Waals surface area contributed by atoms with Crippen molar-refractivity contribution in [2.75, 3.05) is 0 Å². The minimum Gasteiger partial charge on any atom is -0.329 e. The van der Waals surface area contributed by atoms with E-state index in [-0.39, 0.29) is 17.8 Å². The molecule has 3 aromatic rings. The van der Waals surface area contributed by atoms with Crippen LogP contribution in [0.5, 0.6) is 0 Å². The van der Waals surface area contributed by atoms with E-state index < -0.39 is 0 Å². The van der Waals surface area contributed by atoms with E-state index in [9.17, 15) is 4.79 Å². The summed E-state index contributed by atoms with van der Waals surface area (Å²) >= 11 is 1.63. The van der Waals surface area contributed by atoms with Gasteiger partial charge in [-0.1, -0.05) is 6.92 Å². The molecule has 0 radical (unpaired) electrons. The van der Waals surface area contributed by atoms with Gasteiger partial charge in [0.25, 0.3) is 11.7 Å². The van der Waals surface area contributed by atoms with E-state index >= 15 is 0 Å².